The van der Waals surface area contributed by atoms with E-state index >= 15 is 0 Å². The zero-order chi connectivity index (χ0) is 15.6. The van der Waals surface area contributed by atoms with Crippen molar-refractivity contribution in [2.45, 2.75) is 6.92 Å². The Balaban J connectivity index is 2.47. The van der Waals surface area contributed by atoms with Crippen LogP contribution in [0.25, 0.3) is 0 Å². The number of carboxylic acids is 1. The number of aryl methyl sites for hydroxylation is 1. The molecule has 0 saturated carbocycles. The fourth-order valence-electron chi connectivity index (χ4n) is 1.90. The van der Waals surface area contributed by atoms with E-state index in [-0.39, 0.29) is 16.9 Å². The van der Waals surface area contributed by atoms with Crippen LogP contribution in [0, 0.1) is 17.0 Å². The number of rotatable bonds is 4. The lowest BCUT2D eigenvalue weighted by Gasteiger charge is -2.10. The molecule has 0 heterocycles. The molecule has 0 atom stereocenters. The lowest BCUT2D eigenvalue weighted by atomic mass is 10.1. The Hall–Kier alpha value is -2.41. The number of anilines is 2. The molecule has 7 heteroatoms. The topological polar surface area (TPSA) is 92.5 Å². The molecule has 2 N–H and O–H groups in total. The highest BCUT2D eigenvalue weighted by molar-refractivity contribution is 9.10. The fourth-order valence-corrected chi connectivity index (χ4v) is 2.51. The summed E-state index contributed by atoms with van der Waals surface area (Å²) in [6.07, 6.45) is 0. The maximum absolute atomic E-state index is 11.2. The van der Waals surface area contributed by atoms with Gasteiger partial charge in [-0.15, -0.1) is 0 Å². The van der Waals surface area contributed by atoms with E-state index in [0.717, 1.165) is 10.0 Å². The lowest BCUT2D eigenvalue weighted by Crippen LogP contribution is -2.04. The third-order valence-corrected chi connectivity index (χ3v) is 3.22. The van der Waals surface area contributed by atoms with E-state index in [1.54, 1.807) is 6.07 Å². The van der Waals surface area contributed by atoms with Gasteiger partial charge in [0.2, 0.25) is 0 Å². The van der Waals surface area contributed by atoms with Crippen molar-refractivity contribution in [2.24, 2.45) is 0 Å². The van der Waals surface area contributed by atoms with Crippen LogP contribution in [0.5, 0.6) is 0 Å². The second-order valence-electron chi connectivity index (χ2n) is 4.43. The average molecular weight is 351 g/mol. The Labute approximate surface area is 128 Å². The summed E-state index contributed by atoms with van der Waals surface area (Å²) in [5.74, 6) is -1.15. The summed E-state index contributed by atoms with van der Waals surface area (Å²) in [5, 5.41) is 22.9. The van der Waals surface area contributed by atoms with E-state index in [1.165, 1.54) is 18.2 Å². The predicted octanol–water partition coefficient (Wildman–Crippen LogP) is 4.11. The standard InChI is InChI=1S/C14H11BrN2O4/c1-8-4-9(15)6-10(5-8)16-13-7-11(17(20)21)2-3-12(13)14(18)19/h2-7,16H,1H3,(H,18,19). The second-order valence-corrected chi connectivity index (χ2v) is 5.35. The minimum absolute atomic E-state index is 0.0294. The van der Waals surface area contributed by atoms with E-state index in [4.69, 9.17) is 5.11 Å². The van der Waals surface area contributed by atoms with Crippen molar-refractivity contribution in [1.29, 1.82) is 0 Å². The fraction of sp³-hybridized carbons (Fsp3) is 0.0714. The van der Waals surface area contributed by atoms with Crippen LogP contribution in [0.2, 0.25) is 0 Å². The number of carboxylic acid groups (broad SMARTS) is 1. The lowest BCUT2D eigenvalue weighted by molar-refractivity contribution is -0.384. The number of nitrogens with zero attached hydrogens (tertiary/aromatic N) is 1. The number of non-ortho nitro benzene ring substituents is 1. The quantitative estimate of drug-likeness (QED) is 0.639. The van der Waals surface area contributed by atoms with Crippen LogP contribution in [-0.2, 0) is 0 Å². The first kappa shape index (κ1) is 15.0. The van der Waals surface area contributed by atoms with Crippen LogP contribution in [0.15, 0.2) is 40.9 Å². The molecule has 0 spiro atoms. The number of nitro groups is 1. The Kier molecular flexibility index (Phi) is 4.23. The van der Waals surface area contributed by atoms with E-state index < -0.39 is 10.9 Å². The summed E-state index contributed by atoms with van der Waals surface area (Å²) in [5.41, 5.74) is 1.58. The van der Waals surface area contributed by atoms with Gasteiger partial charge in [0.1, 0.15) is 0 Å². The molecule has 0 aromatic heterocycles. The summed E-state index contributed by atoms with van der Waals surface area (Å²) in [6.45, 7) is 1.89. The number of aromatic carboxylic acids is 1. The third-order valence-electron chi connectivity index (χ3n) is 2.77. The maximum atomic E-state index is 11.2. The Morgan fingerprint density at radius 2 is 2.00 bits per heavy atom. The normalized spacial score (nSPS) is 10.2. The van der Waals surface area contributed by atoms with Gasteiger partial charge >= 0.3 is 5.97 Å². The molecule has 2 rings (SSSR count). The molecule has 0 fully saturated rings. The van der Waals surface area contributed by atoms with Gasteiger partial charge in [-0.1, -0.05) is 15.9 Å². The van der Waals surface area contributed by atoms with E-state index in [0.29, 0.717) is 5.69 Å². The first-order valence-corrected chi connectivity index (χ1v) is 6.72. The van der Waals surface area contributed by atoms with Crippen molar-refractivity contribution in [3.05, 3.63) is 62.1 Å². The molecule has 2 aromatic rings. The number of hydrogen-bond acceptors (Lipinski definition) is 4. The highest BCUT2D eigenvalue weighted by atomic mass is 79.9. The Bertz CT molecular complexity index is 711. The van der Waals surface area contributed by atoms with Gasteiger partial charge in [-0.25, -0.2) is 4.79 Å². The molecule has 0 amide bonds. The minimum atomic E-state index is -1.15. The minimum Gasteiger partial charge on any atom is -0.478 e. The van der Waals surface area contributed by atoms with E-state index in [1.807, 2.05) is 19.1 Å². The van der Waals surface area contributed by atoms with Crippen LogP contribution in [0.3, 0.4) is 0 Å². The molecule has 2 aromatic carbocycles. The molecule has 0 aliphatic heterocycles. The van der Waals surface area contributed by atoms with Gasteiger partial charge in [-0.05, 0) is 36.8 Å². The van der Waals surface area contributed by atoms with Crippen LogP contribution >= 0.6 is 15.9 Å². The molecular weight excluding hydrogens is 340 g/mol. The van der Waals surface area contributed by atoms with Crippen LogP contribution in [0.4, 0.5) is 17.1 Å². The smallest absolute Gasteiger partial charge is 0.337 e. The highest BCUT2D eigenvalue weighted by Gasteiger charge is 2.15. The van der Waals surface area contributed by atoms with E-state index in [2.05, 4.69) is 21.2 Å². The second kappa shape index (κ2) is 5.92. The van der Waals surface area contributed by atoms with Gasteiger partial charge < -0.3 is 10.4 Å². The van der Waals surface area contributed by atoms with Crippen molar-refractivity contribution in [2.75, 3.05) is 5.32 Å². The van der Waals surface area contributed by atoms with Gasteiger partial charge in [0.15, 0.2) is 0 Å². The van der Waals surface area contributed by atoms with E-state index in [9.17, 15) is 14.9 Å². The van der Waals surface area contributed by atoms with Gasteiger partial charge in [-0.2, -0.15) is 0 Å². The van der Waals surface area contributed by atoms with Crippen LogP contribution in [-0.4, -0.2) is 16.0 Å². The summed E-state index contributed by atoms with van der Waals surface area (Å²) in [4.78, 5) is 21.5. The highest BCUT2D eigenvalue weighted by Crippen LogP contribution is 2.28. The summed E-state index contributed by atoms with van der Waals surface area (Å²) >= 11 is 3.35. The maximum Gasteiger partial charge on any atom is 0.337 e. The van der Waals surface area contributed by atoms with Crippen LogP contribution in [0.1, 0.15) is 15.9 Å². The average Bonchev–Trinajstić information content (AvgIpc) is 2.36. The van der Waals surface area contributed by atoms with Crippen LogP contribution < -0.4 is 5.32 Å². The van der Waals surface area contributed by atoms with Gasteiger partial charge in [0.25, 0.3) is 5.69 Å². The summed E-state index contributed by atoms with van der Waals surface area (Å²) in [6, 6.07) is 9.07. The molecule has 6 nitrogen and oxygen atoms in total. The summed E-state index contributed by atoms with van der Waals surface area (Å²) in [7, 11) is 0. The van der Waals surface area contributed by atoms with Gasteiger partial charge in [-0.3, -0.25) is 10.1 Å². The Morgan fingerprint density at radius 1 is 1.29 bits per heavy atom. The molecule has 0 radical (unpaired) electrons. The van der Waals surface area contributed by atoms with Crippen molar-refractivity contribution >= 4 is 39.0 Å². The molecule has 0 saturated heterocycles. The first-order chi connectivity index (χ1) is 9.86. The van der Waals surface area contributed by atoms with Crippen molar-refractivity contribution in [3.8, 4) is 0 Å². The zero-order valence-electron chi connectivity index (χ0n) is 11.0. The number of benzene rings is 2. The molecule has 0 aliphatic carbocycles. The van der Waals surface area contributed by atoms with Crippen molar-refractivity contribution < 1.29 is 14.8 Å². The molecule has 0 aliphatic rings. The van der Waals surface area contributed by atoms with Crippen molar-refractivity contribution in [3.63, 3.8) is 0 Å². The number of nitrogens with one attached hydrogen (secondary N) is 1. The molecule has 21 heavy (non-hydrogen) atoms. The number of halogens is 1. The number of hydrogen-bond donors (Lipinski definition) is 2. The summed E-state index contributed by atoms with van der Waals surface area (Å²) < 4.78 is 0.826. The predicted molar refractivity (Wildman–Crippen MR) is 82.2 cm³/mol. The zero-order valence-corrected chi connectivity index (χ0v) is 12.5. The SMILES string of the molecule is Cc1cc(Br)cc(Nc2cc([N+](=O)[O-])ccc2C(=O)O)c1. The largest absolute Gasteiger partial charge is 0.478 e. The molecular formula is C14H11BrN2O4. The molecule has 0 unspecified atom stereocenters. The van der Waals surface area contributed by atoms with Crippen molar-refractivity contribution in [1.82, 2.24) is 0 Å². The molecule has 108 valence electrons. The van der Waals surface area contributed by atoms with Gasteiger partial charge in [0, 0.05) is 22.3 Å². The monoisotopic (exact) mass is 350 g/mol. The number of carbonyl (C=O) groups is 1. The number of nitro benzene ring substituents is 1. The third kappa shape index (κ3) is 3.57. The first-order valence-electron chi connectivity index (χ1n) is 5.93. The molecule has 0 bridgehead atoms. The van der Waals surface area contributed by atoms with Gasteiger partial charge in [0.05, 0.1) is 16.2 Å². The Morgan fingerprint density at radius 3 is 2.57 bits per heavy atom.